The molecule has 1 heterocycles. The second kappa shape index (κ2) is 3.87. The number of hydrogen-bond donors (Lipinski definition) is 1. The van der Waals surface area contributed by atoms with Crippen LogP contribution in [0, 0.1) is 6.92 Å². The molecule has 2 rings (SSSR count). The predicted molar refractivity (Wildman–Crippen MR) is 63.8 cm³/mol. The van der Waals surface area contributed by atoms with E-state index < -0.39 is 0 Å². The van der Waals surface area contributed by atoms with Gasteiger partial charge in [0.2, 0.25) is 0 Å². The molecule has 15 heavy (non-hydrogen) atoms. The minimum atomic E-state index is 0.214. The molecule has 1 aromatic carbocycles. The number of benzene rings is 1. The van der Waals surface area contributed by atoms with Crippen LogP contribution in [0.2, 0.25) is 5.02 Å². The molecule has 2 N–H and O–H groups in total. The third-order valence-electron chi connectivity index (χ3n) is 2.10. The Labute approximate surface area is 100 Å². The summed E-state index contributed by atoms with van der Waals surface area (Å²) < 4.78 is 6.04. The number of nitrogen functional groups attached to an aromatic ring is 1. The van der Waals surface area contributed by atoms with E-state index in [9.17, 15) is 0 Å². The van der Waals surface area contributed by atoms with E-state index in [1.807, 2.05) is 25.1 Å². The summed E-state index contributed by atoms with van der Waals surface area (Å²) in [6, 6.07) is 5.84. The van der Waals surface area contributed by atoms with Crippen LogP contribution in [0.4, 0.5) is 5.82 Å². The molecule has 0 atom stereocenters. The first-order valence-corrected chi connectivity index (χ1v) is 5.44. The van der Waals surface area contributed by atoms with Crippen molar-refractivity contribution in [2.75, 3.05) is 5.73 Å². The number of nitrogens with two attached hydrogens (primary N) is 1. The maximum Gasteiger partial charge on any atom is 0.188 e. The van der Waals surface area contributed by atoms with E-state index in [-0.39, 0.29) is 5.82 Å². The molecule has 0 unspecified atom stereocenters. The minimum Gasteiger partial charge on any atom is -0.380 e. The zero-order valence-corrected chi connectivity index (χ0v) is 10.3. The van der Waals surface area contributed by atoms with Crippen molar-refractivity contribution in [1.29, 1.82) is 0 Å². The Morgan fingerprint density at radius 3 is 2.80 bits per heavy atom. The van der Waals surface area contributed by atoms with E-state index in [0.29, 0.717) is 10.8 Å². The Morgan fingerprint density at radius 2 is 2.20 bits per heavy atom. The second-order valence-electron chi connectivity index (χ2n) is 3.17. The van der Waals surface area contributed by atoms with Crippen molar-refractivity contribution in [3.05, 3.63) is 33.3 Å². The first-order valence-electron chi connectivity index (χ1n) is 4.26. The van der Waals surface area contributed by atoms with Gasteiger partial charge in [-0.25, -0.2) is 0 Å². The smallest absolute Gasteiger partial charge is 0.188 e. The fourth-order valence-electron chi connectivity index (χ4n) is 1.30. The number of aryl methyl sites for hydroxylation is 1. The Bertz CT molecular complexity index is 510. The molecule has 0 fully saturated rings. The van der Waals surface area contributed by atoms with E-state index in [1.54, 1.807) is 0 Å². The molecule has 78 valence electrons. The molecule has 0 aliphatic carbocycles. The molecule has 0 aliphatic rings. The number of aromatic nitrogens is 1. The molecule has 0 saturated heterocycles. The van der Waals surface area contributed by atoms with Crippen LogP contribution in [0.25, 0.3) is 11.3 Å². The van der Waals surface area contributed by atoms with E-state index in [1.165, 1.54) is 0 Å². The summed E-state index contributed by atoms with van der Waals surface area (Å²) in [6.45, 7) is 1.97. The maximum atomic E-state index is 5.97. The van der Waals surface area contributed by atoms with Crippen LogP contribution in [-0.2, 0) is 0 Å². The molecule has 1 aromatic heterocycles. The van der Waals surface area contributed by atoms with Gasteiger partial charge in [0.1, 0.15) is 5.02 Å². The highest BCUT2D eigenvalue weighted by Crippen LogP contribution is 2.35. The van der Waals surface area contributed by atoms with Gasteiger partial charge in [-0.1, -0.05) is 38.8 Å². The zero-order valence-electron chi connectivity index (χ0n) is 7.92. The average Bonchev–Trinajstić information content (AvgIpc) is 2.52. The van der Waals surface area contributed by atoms with Gasteiger partial charge >= 0.3 is 0 Å². The van der Waals surface area contributed by atoms with Crippen LogP contribution >= 0.6 is 27.5 Å². The summed E-state index contributed by atoms with van der Waals surface area (Å²) in [5.41, 5.74) is 7.46. The molecule has 0 bridgehead atoms. The highest BCUT2D eigenvalue weighted by molar-refractivity contribution is 9.10. The van der Waals surface area contributed by atoms with Gasteiger partial charge < -0.3 is 10.3 Å². The number of hydrogen-bond acceptors (Lipinski definition) is 3. The quantitative estimate of drug-likeness (QED) is 0.871. The lowest BCUT2D eigenvalue weighted by atomic mass is 10.1. The normalized spacial score (nSPS) is 10.6. The fourth-order valence-corrected chi connectivity index (χ4v) is 1.83. The Hall–Kier alpha value is -1.00. The van der Waals surface area contributed by atoms with Gasteiger partial charge in [0.15, 0.2) is 11.6 Å². The van der Waals surface area contributed by atoms with E-state index in [2.05, 4.69) is 21.1 Å². The molecule has 3 nitrogen and oxygen atoms in total. The summed E-state index contributed by atoms with van der Waals surface area (Å²) in [5.74, 6) is 0.721. The Morgan fingerprint density at radius 1 is 1.47 bits per heavy atom. The van der Waals surface area contributed by atoms with Crippen LogP contribution in [0.5, 0.6) is 0 Å². The van der Waals surface area contributed by atoms with Gasteiger partial charge in [-0.15, -0.1) is 0 Å². The molecular formula is C10H8BrClN2O. The van der Waals surface area contributed by atoms with Crippen LogP contribution in [0.15, 0.2) is 27.2 Å². The molecule has 5 heteroatoms. The number of rotatable bonds is 1. The van der Waals surface area contributed by atoms with Gasteiger partial charge in [0, 0.05) is 10.0 Å². The van der Waals surface area contributed by atoms with Gasteiger partial charge in [-0.2, -0.15) is 0 Å². The second-order valence-corrected chi connectivity index (χ2v) is 4.46. The summed E-state index contributed by atoms with van der Waals surface area (Å²) in [6.07, 6.45) is 0. The molecule has 0 amide bonds. The maximum absolute atomic E-state index is 5.97. The Balaban J connectivity index is 2.63. The lowest BCUT2D eigenvalue weighted by molar-refractivity contribution is 0.435. The summed E-state index contributed by atoms with van der Waals surface area (Å²) >= 11 is 9.36. The topological polar surface area (TPSA) is 52.0 Å². The van der Waals surface area contributed by atoms with Crippen molar-refractivity contribution in [1.82, 2.24) is 5.16 Å². The van der Waals surface area contributed by atoms with E-state index >= 15 is 0 Å². The fraction of sp³-hybridized carbons (Fsp3) is 0.100. The highest BCUT2D eigenvalue weighted by atomic mass is 79.9. The van der Waals surface area contributed by atoms with Gasteiger partial charge in [0.25, 0.3) is 0 Å². The van der Waals surface area contributed by atoms with Gasteiger partial charge in [-0.05, 0) is 24.6 Å². The number of halogens is 2. The number of anilines is 1. The van der Waals surface area contributed by atoms with E-state index in [4.69, 9.17) is 21.9 Å². The minimum absolute atomic E-state index is 0.214. The molecular weight excluding hydrogens is 279 g/mol. The van der Waals surface area contributed by atoms with Gasteiger partial charge in [-0.3, -0.25) is 0 Å². The van der Waals surface area contributed by atoms with Crippen LogP contribution in [0.3, 0.4) is 0 Å². The van der Waals surface area contributed by atoms with Crippen molar-refractivity contribution >= 4 is 33.3 Å². The molecule has 0 spiro atoms. The number of nitrogens with zero attached hydrogens (tertiary/aromatic N) is 1. The SMILES string of the molecule is Cc1ccc(Br)cc1-c1onc(N)c1Cl. The van der Waals surface area contributed by atoms with Crippen molar-refractivity contribution in [2.24, 2.45) is 0 Å². The monoisotopic (exact) mass is 286 g/mol. The zero-order chi connectivity index (χ0) is 11.0. The van der Waals surface area contributed by atoms with Crippen LogP contribution in [0.1, 0.15) is 5.56 Å². The van der Waals surface area contributed by atoms with Gasteiger partial charge in [0.05, 0.1) is 0 Å². The van der Waals surface area contributed by atoms with E-state index in [0.717, 1.165) is 15.6 Å². The largest absolute Gasteiger partial charge is 0.380 e. The lowest BCUT2D eigenvalue weighted by Gasteiger charge is -2.02. The third-order valence-corrected chi connectivity index (χ3v) is 2.96. The standard InChI is InChI=1S/C10H8BrClN2O/c1-5-2-3-6(11)4-7(5)9-8(12)10(13)14-15-9/h2-4H,1H3,(H2,13,14). The highest BCUT2D eigenvalue weighted by Gasteiger charge is 2.15. The van der Waals surface area contributed by atoms with Crippen molar-refractivity contribution in [3.8, 4) is 11.3 Å². The summed E-state index contributed by atoms with van der Waals surface area (Å²) in [5, 5.41) is 3.98. The third kappa shape index (κ3) is 1.87. The first kappa shape index (κ1) is 10.5. The predicted octanol–water partition coefficient (Wildman–Crippen LogP) is 3.65. The summed E-state index contributed by atoms with van der Waals surface area (Å²) in [4.78, 5) is 0. The summed E-state index contributed by atoms with van der Waals surface area (Å²) in [7, 11) is 0. The van der Waals surface area contributed by atoms with Crippen molar-refractivity contribution in [2.45, 2.75) is 6.92 Å². The molecule has 0 aliphatic heterocycles. The lowest BCUT2D eigenvalue weighted by Crippen LogP contribution is -1.84. The van der Waals surface area contributed by atoms with Crippen LogP contribution in [-0.4, -0.2) is 5.16 Å². The molecule has 0 radical (unpaired) electrons. The first-order chi connectivity index (χ1) is 7.09. The average molecular weight is 288 g/mol. The molecule has 2 aromatic rings. The Kier molecular flexibility index (Phi) is 2.71. The van der Waals surface area contributed by atoms with Crippen molar-refractivity contribution in [3.63, 3.8) is 0 Å². The van der Waals surface area contributed by atoms with Crippen LogP contribution < -0.4 is 5.73 Å². The molecule has 0 saturated carbocycles. The van der Waals surface area contributed by atoms with Crippen molar-refractivity contribution < 1.29 is 4.52 Å².